The molecule has 0 N–H and O–H groups in total. The van der Waals surface area contributed by atoms with E-state index in [1.54, 1.807) is 19.2 Å². The van der Waals surface area contributed by atoms with Crippen LogP contribution in [-0.2, 0) is 11.2 Å². The largest absolute Gasteiger partial charge is 0.496 e. The summed E-state index contributed by atoms with van der Waals surface area (Å²) in [7, 11) is 1.66. The number of halogens is 1. The van der Waals surface area contributed by atoms with Crippen molar-refractivity contribution in [3.63, 3.8) is 0 Å². The Hall–Kier alpha value is -3.67. The van der Waals surface area contributed by atoms with E-state index in [0.29, 0.717) is 18.0 Å². The quantitative estimate of drug-likeness (QED) is 0.417. The molecule has 1 aromatic heterocycles. The number of amides is 1. The molecule has 1 aliphatic rings. The van der Waals surface area contributed by atoms with E-state index in [1.165, 1.54) is 12.1 Å². The molecule has 6 heteroatoms. The number of likely N-dealkylation sites (tertiary alicyclic amines) is 1. The molecule has 0 radical (unpaired) electrons. The second-order valence-corrected chi connectivity index (χ2v) is 7.98. The zero-order chi connectivity index (χ0) is 22.1. The summed E-state index contributed by atoms with van der Waals surface area (Å²) in [6.07, 6.45) is 1.93. The third-order valence-corrected chi connectivity index (χ3v) is 5.95. The first-order valence-corrected chi connectivity index (χ1v) is 10.7. The molecular formula is C26H23FN2O3. The van der Waals surface area contributed by atoms with E-state index >= 15 is 0 Å². The Balaban J connectivity index is 1.41. The fraction of sp³-hybridized carbons (Fsp3) is 0.231. The number of hydrogen-bond donors (Lipinski definition) is 0. The van der Waals surface area contributed by atoms with Crippen molar-refractivity contribution < 1.29 is 18.3 Å². The third-order valence-electron chi connectivity index (χ3n) is 5.95. The van der Waals surface area contributed by atoms with Gasteiger partial charge in [0, 0.05) is 12.1 Å². The Kier molecular flexibility index (Phi) is 5.35. The van der Waals surface area contributed by atoms with E-state index in [-0.39, 0.29) is 24.2 Å². The van der Waals surface area contributed by atoms with Crippen LogP contribution in [0.5, 0.6) is 5.75 Å². The Morgan fingerprint density at radius 3 is 2.78 bits per heavy atom. The topological polar surface area (TPSA) is 55.6 Å². The lowest BCUT2D eigenvalue weighted by Gasteiger charge is -2.22. The predicted octanol–water partition coefficient (Wildman–Crippen LogP) is 5.55. The lowest BCUT2D eigenvalue weighted by molar-refractivity contribution is -0.131. The van der Waals surface area contributed by atoms with Crippen molar-refractivity contribution in [2.45, 2.75) is 25.3 Å². The Labute approximate surface area is 185 Å². The fourth-order valence-corrected chi connectivity index (χ4v) is 4.34. The second-order valence-electron chi connectivity index (χ2n) is 7.98. The van der Waals surface area contributed by atoms with Gasteiger partial charge in [0.1, 0.15) is 23.1 Å². The molecular weight excluding hydrogens is 407 g/mol. The van der Waals surface area contributed by atoms with E-state index in [2.05, 4.69) is 0 Å². The van der Waals surface area contributed by atoms with Crippen molar-refractivity contribution in [2.24, 2.45) is 0 Å². The van der Waals surface area contributed by atoms with Crippen LogP contribution in [0.2, 0.25) is 0 Å². The number of para-hydroxylation sites is 1. The number of fused-ring (bicyclic) bond motifs is 1. The number of nitrogens with zero attached hydrogens (tertiary/aromatic N) is 2. The average molecular weight is 430 g/mol. The predicted molar refractivity (Wildman–Crippen MR) is 120 cm³/mol. The Morgan fingerprint density at radius 1 is 1.16 bits per heavy atom. The van der Waals surface area contributed by atoms with Gasteiger partial charge in [-0.3, -0.25) is 4.79 Å². The van der Waals surface area contributed by atoms with Gasteiger partial charge in [0.05, 0.1) is 13.5 Å². The van der Waals surface area contributed by atoms with Crippen LogP contribution in [0.25, 0.3) is 22.2 Å². The van der Waals surface area contributed by atoms with Crippen molar-refractivity contribution in [1.29, 1.82) is 0 Å². The monoisotopic (exact) mass is 430 g/mol. The first-order chi connectivity index (χ1) is 15.6. The van der Waals surface area contributed by atoms with Gasteiger partial charge in [-0.05, 0) is 54.3 Å². The highest BCUT2D eigenvalue weighted by Crippen LogP contribution is 2.36. The van der Waals surface area contributed by atoms with Gasteiger partial charge in [0.25, 0.3) is 0 Å². The molecule has 1 fully saturated rings. The maximum absolute atomic E-state index is 13.2. The zero-order valence-corrected chi connectivity index (χ0v) is 17.8. The number of carbonyl (C=O) groups excluding carboxylic acids is 1. The second kappa shape index (κ2) is 8.46. The highest BCUT2D eigenvalue weighted by Gasteiger charge is 2.33. The average Bonchev–Trinajstić information content (AvgIpc) is 3.47. The van der Waals surface area contributed by atoms with E-state index in [9.17, 15) is 9.18 Å². The zero-order valence-electron chi connectivity index (χ0n) is 17.8. The van der Waals surface area contributed by atoms with Gasteiger partial charge in [0.2, 0.25) is 11.8 Å². The molecule has 1 amide bonds. The lowest BCUT2D eigenvalue weighted by Crippen LogP contribution is -2.32. The van der Waals surface area contributed by atoms with Crippen LogP contribution in [0, 0.1) is 5.82 Å². The van der Waals surface area contributed by atoms with Crippen LogP contribution in [-0.4, -0.2) is 29.4 Å². The molecule has 0 saturated carbocycles. The molecule has 4 aromatic rings. The molecule has 1 saturated heterocycles. The van der Waals surface area contributed by atoms with Gasteiger partial charge >= 0.3 is 0 Å². The maximum atomic E-state index is 13.2. The molecule has 32 heavy (non-hydrogen) atoms. The number of benzene rings is 3. The fourth-order valence-electron chi connectivity index (χ4n) is 4.34. The molecule has 1 unspecified atom stereocenters. The van der Waals surface area contributed by atoms with E-state index < -0.39 is 0 Å². The summed E-state index contributed by atoms with van der Waals surface area (Å²) in [6.45, 7) is 0.663. The molecule has 1 aliphatic heterocycles. The summed E-state index contributed by atoms with van der Waals surface area (Å²) in [4.78, 5) is 19.5. The van der Waals surface area contributed by atoms with Crippen molar-refractivity contribution in [1.82, 2.24) is 9.88 Å². The summed E-state index contributed by atoms with van der Waals surface area (Å²) in [5.74, 6) is 1.04. The van der Waals surface area contributed by atoms with Crippen LogP contribution in [0.1, 0.15) is 30.3 Å². The lowest BCUT2D eigenvalue weighted by atomic mass is 10.0. The van der Waals surface area contributed by atoms with E-state index in [4.69, 9.17) is 14.1 Å². The van der Waals surface area contributed by atoms with Crippen LogP contribution < -0.4 is 4.74 Å². The highest BCUT2D eigenvalue weighted by molar-refractivity contribution is 5.83. The van der Waals surface area contributed by atoms with Crippen LogP contribution in [0.4, 0.5) is 4.39 Å². The molecule has 0 bridgehead atoms. The van der Waals surface area contributed by atoms with E-state index in [0.717, 1.165) is 40.8 Å². The summed E-state index contributed by atoms with van der Waals surface area (Å²) < 4.78 is 24.7. The van der Waals surface area contributed by atoms with Crippen LogP contribution in [0.3, 0.4) is 0 Å². The first kappa shape index (κ1) is 20.2. The van der Waals surface area contributed by atoms with Crippen molar-refractivity contribution in [2.75, 3.05) is 13.7 Å². The van der Waals surface area contributed by atoms with Crippen LogP contribution in [0.15, 0.2) is 71.1 Å². The van der Waals surface area contributed by atoms with Crippen molar-refractivity contribution in [3.8, 4) is 16.9 Å². The summed E-state index contributed by atoms with van der Waals surface area (Å²) in [5.41, 5.74) is 4.21. The molecule has 0 spiro atoms. The van der Waals surface area contributed by atoms with Crippen molar-refractivity contribution in [3.05, 3.63) is 84.0 Å². The number of oxazole rings is 1. The van der Waals surface area contributed by atoms with Crippen molar-refractivity contribution >= 4 is 17.0 Å². The molecule has 2 heterocycles. The van der Waals surface area contributed by atoms with Gasteiger partial charge in [-0.25, -0.2) is 9.37 Å². The number of rotatable bonds is 5. The molecule has 162 valence electrons. The third kappa shape index (κ3) is 3.84. The van der Waals surface area contributed by atoms with Gasteiger partial charge in [-0.15, -0.1) is 0 Å². The summed E-state index contributed by atoms with van der Waals surface area (Å²) in [5, 5.41) is 0. The maximum Gasteiger partial charge on any atom is 0.227 e. The summed E-state index contributed by atoms with van der Waals surface area (Å²) >= 11 is 0. The van der Waals surface area contributed by atoms with Crippen LogP contribution >= 0.6 is 0 Å². The van der Waals surface area contributed by atoms with Gasteiger partial charge in [-0.1, -0.05) is 36.4 Å². The standard InChI is InChI=1S/C26H23FN2O3/c1-31-23-7-3-2-5-20(23)18-10-13-24-21(16-18)28-26(32-24)22-6-4-14-29(22)25(30)15-17-8-11-19(27)12-9-17/h2-3,5,7-13,16,22H,4,6,14-15H2,1H3. The number of carbonyl (C=O) groups is 1. The smallest absolute Gasteiger partial charge is 0.227 e. The van der Waals surface area contributed by atoms with E-state index in [1.807, 2.05) is 47.4 Å². The Bertz CT molecular complexity index is 1270. The Morgan fingerprint density at radius 2 is 1.97 bits per heavy atom. The molecule has 3 aromatic carbocycles. The molecule has 5 rings (SSSR count). The summed E-state index contributed by atoms with van der Waals surface area (Å²) in [6, 6.07) is 19.6. The molecule has 0 aliphatic carbocycles. The minimum absolute atomic E-state index is 0.00363. The number of hydrogen-bond acceptors (Lipinski definition) is 4. The molecule has 5 nitrogen and oxygen atoms in total. The minimum Gasteiger partial charge on any atom is -0.496 e. The number of methoxy groups -OCH3 is 1. The highest BCUT2D eigenvalue weighted by atomic mass is 19.1. The van der Waals surface area contributed by atoms with Gasteiger partial charge in [0.15, 0.2) is 5.58 Å². The minimum atomic E-state index is -0.306. The first-order valence-electron chi connectivity index (χ1n) is 10.7. The van der Waals surface area contributed by atoms with Gasteiger partial charge < -0.3 is 14.1 Å². The normalized spacial score (nSPS) is 15.9. The number of aromatic nitrogens is 1. The van der Waals surface area contributed by atoms with Gasteiger partial charge in [-0.2, -0.15) is 0 Å². The SMILES string of the molecule is COc1ccccc1-c1ccc2oc(C3CCCN3C(=O)Cc3ccc(F)cc3)nc2c1. The molecule has 1 atom stereocenters. The number of ether oxygens (including phenoxy) is 1.